The van der Waals surface area contributed by atoms with E-state index >= 15 is 0 Å². The normalized spacial score (nSPS) is 8.55. The molecular formula is C7H3BrINS. The minimum absolute atomic E-state index is 0.803. The van der Waals surface area contributed by atoms with Crippen LogP contribution in [0, 0.1) is 11.2 Å². The molecule has 0 unspecified atom stereocenters. The number of halogens is 2. The summed E-state index contributed by atoms with van der Waals surface area (Å²) in [7, 11) is 1.46. The molecule has 0 fully saturated rings. The molecule has 0 radical (unpaired) electrons. The van der Waals surface area contributed by atoms with Crippen molar-refractivity contribution in [2.75, 3.05) is 0 Å². The van der Waals surface area contributed by atoms with E-state index in [1.807, 2.05) is 12.1 Å². The SMILES string of the molecule is Brc1ccc(C#CSI)nc1. The predicted octanol–water partition coefficient (Wildman–Crippen LogP) is 3.24. The molecule has 0 aromatic carbocycles. The topological polar surface area (TPSA) is 12.9 Å². The lowest BCUT2D eigenvalue weighted by Crippen LogP contribution is -1.78. The van der Waals surface area contributed by atoms with E-state index in [1.54, 1.807) is 6.20 Å². The molecule has 0 saturated heterocycles. The van der Waals surface area contributed by atoms with Crippen LogP contribution in [0.1, 0.15) is 5.69 Å². The highest BCUT2D eigenvalue weighted by Crippen LogP contribution is 2.09. The summed E-state index contributed by atoms with van der Waals surface area (Å²) < 4.78 is 0.977. The Hall–Kier alpha value is 0.270. The van der Waals surface area contributed by atoms with Crippen LogP contribution in [0.25, 0.3) is 0 Å². The zero-order valence-corrected chi connectivity index (χ0v) is 9.90. The summed E-state index contributed by atoms with van der Waals surface area (Å²) in [6.07, 6.45) is 1.74. The van der Waals surface area contributed by atoms with Crippen molar-refractivity contribution in [2.45, 2.75) is 0 Å². The second kappa shape index (κ2) is 5.01. The van der Waals surface area contributed by atoms with Crippen LogP contribution in [0.15, 0.2) is 22.8 Å². The first-order valence-electron chi connectivity index (χ1n) is 2.73. The maximum absolute atomic E-state index is 4.08. The van der Waals surface area contributed by atoms with Gasteiger partial charge >= 0.3 is 0 Å². The molecule has 0 N–H and O–H groups in total. The van der Waals surface area contributed by atoms with Crippen LogP contribution < -0.4 is 0 Å². The molecule has 0 saturated carbocycles. The van der Waals surface area contributed by atoms with Crippen molar-refractivity contribution >= 4 is 46.1 Å². The number of nitrogens with zero attached hydrogens (tertiary/aromatic N) is 1. The van der Waals surface area contributed by atoms with Gasteiger partial charge in [-0.2, -0.15) is 0 Å². The summed E-state index contributed by atoms with van der Waals surface area (Å²) in [5.74, 6) is 2.90. The van der Waals surface area contributed by atoms with Crippen LogP contribution in [-0.2, 0) is 0 Å². The quantitative estimate of drug-likeness (QED) is 0.531. The first kappa shape index (κ1) is 9.36. The summed E-state index contributed by atoms with van der Waals surface area (Å²) >= 11 is 5.42. The van der Waals surface area contributed by atoms with E-state index in [4.69, 9.17) is 0 Å². The van der Waals surface area contributed by atoms with Gasteiger partial charge < -0.3 is 0 Å². The fourth-order valence-corrected chi connectivity index (χ4v) is 1.23. The molecule has 1 heterocycles. The second-order valence-electron chi connectivity index (χ2n) is 1.67. The molecule has 0 aliphatic heterocycles. The minimum Gasteiger partial charge on any atom is -0.247 e. The molecule has 0 bridgehead atoms. The minimum atomic E-state index is 0.803. The number of pyridine rings is 1. The third-order valence-electron chi connectivity index (χ3n) is 0.945. The van der Waals surface area contributed by atoms with E-state index in [1.165, 1.54) is 8.93 Å². The van der Waals surface area contributed by atoms with E-state index in [2.05, 4.69) is 53.3 Å². The first-order valence-corrected chi connectivity index (χ1v) is 6.88. The maximum atomic E-state index is 4.08. The summed E-state index contributed by atoms with van der Waals surface area (Å²) in [6, 6.07) is 3.80. The van der Waals surface area contributed by atoms with E-state index in [-0.39, 0.29) is 0 Å². The monoisotopic (exact) mass is 339 g/mol. The first-order chi connectivity index (χ1) is 5.33. The third-order valence-corrected chi connectivity index (χ3v) is 2.25. The fraction of sp³-hybridized carbons (Fsp3) is 0. The summed E-state index contributed by atoms with van der Waals surface area (Å²) in [6.45, 7) is 0. The van der Waals surface area contributed by atoms with Gasteiger partial charge in [-0.05, 0) is 48.2 Å². The van der Waals surface area contributed by atoms with E-state index in [9.17, 15) is 0 Å². The van der Waals surface area contributed by atoms with E-state index in [0.717, 1.165) is 10.2 Å². The predicted molar refractivity (Wildman–Crippen MR) is 60.4 cm³/mol. The molecule has 4 heteroatoms. The van der Waals surface area contributed by atoms with Gasteiger partial charge in [0.25, 0.3) is 0 Å². The smallest absolute Gasteiger partial charge is 0.114 e. The summed E-state index contributed by atoms with van der Waals surface area (Å²) in [5.41, 5.74) is 0.803. The van der Waals surface area contributed by atoms with Crippen molar-refractivity contribution in [1.29, 1.82) is 0 Å². The van der Waals surface area contributed by atoms with Gasteiger partial charge in [-0.15, -0.1) is 0 Å². The Labute approximate surface area is 90.1 Å². The van der Waals surface area contributed by atoms with Crippen LogP contribution >= 0.6 is 46.1 Å². The summed E-state index contributed by atoms with van der Waals surface area (Å²) in [5, 5.41) is 2.86. The van der Waals surface area contributed by atoms with Gasteiger partial charge in [0.15, 0.2) is 0 Å². The van der Waals surface area contributed by atoms with Gasteiger partial charge in [-0.25, -0.2) is 4.98 Å². The highest BCUT2D eigenvalue weighted by molar-refractivity contribution is 14.2. The van der Waals surface area contributed by atoms with Gasteiger partial charge in [-0.1, -0.05) is 0 Å². The van der Waals surface area contributed by atoms with Crippen LogP contribution in [0.5, 0.6) is 0 Å². The van der Waals surface area contributed by atoms with Gasteiger partial charge in [0.05, 0.1) is 0 Å². The molecule has 11 heavy (non-hydrogen) atoms. The largest absolute Gasteiger partial charge is 0.247 e. The summed E-state index contributed by atoms with van der Waals surface area (Å²) in [4.78, 5) is 4.08. The average molecular weight is 340 g/mol. The molecule has 0 amide bonds. The molecule has 1 aromatic rings. The number of aromatic nitrogens is 1. The van der Waals surface area contributed by atoms with Crippen LogP contribution in [0.3, 0.4) is 0 Å². The Kier molecular flexibility index (Phi) is 4.26. The van der Waals surface area contributed by atoms with Gasteiger partial charge in [0, 0.05) is 31.9 Å². The van der Waals surface area contributed by atoms with Crippen LogP contribution in [0.4, 0.5) is 0 Å². The van der Waals surface area contributed by atoms with Gasteiger partial charge in [0.1, 0.15) is 5.69 Å². The fourth-order valence-electron chi connectivity index (χ4n) is 0.521. The highest BCUT2D eigenvalue weighted by Gasteiger charge is 1.87. The van der Waals surface area contributed by atoms with E-state index < -0.39 is 0 Å². The average Bonchev–Trinajstić information content (AvgIpc) is 2.04. The zero-order chi connectivity index (χ0) is 8.10. The van der Waals surface area contributed by atoms with Crippen molar-refractivity contribution in [3.63, 3.8) is 0 Å². The van der Waals surface area contributed by atoms with Gasteiger partial charge in [0.2, 0.25) is 0 Å². The molecule has 0 atom stereocenters. The molecule has 1 rings (SSSR count). The van der Waals surface area contributed by atoms with Crippen molar-refractivity contribution < 1.29 is 0 Å². The standard InChI is InChI=1S/C7H3BrINS/c8-6-1-2-7(10-5-6)3-4-11-9/h1-2,5H. The van der Waals surface area contributed by atoms with Crippen LogP contribution in [-0.4, -0.2) is 4.98 Å². The van der Waals surface area contributed by atoms with Gasteiger partial charge in [-0.3, -0.25) is 0 Å². The molecule has 1 nitrogen and oxygen atoms in total. The molecule has 0 aliphatic carbocycles. The van der Waals surface area contributed by atoms with Crippen molar-refractivity contribution in [3.8, 4) is 11.2 Å². The van der Waals surface area contributed by atoms with Crippen molar-refractivity contribution in [3.05, 3.63) is 28.5 Å². The Morgan fingerprint density at radius 1 is 1.55 bits per heavy atom. The van der Waals surface area contributed by atoms with Crippen molar-refractivity contribution in [1.82, 2.24) is 4.98 Å². The second-order valence-corrected chi connectivity index (χ2v) is 4.26. The Bertz CT molecular complexity index is 288. The zero-order valence-electron chi connectivity index (χ0n) is 5.34. The lowest BCUT2D eigenvalue weighted by molar-refractivity contribution is 1.27. The Morgan fingerprint density at radius 2 is 2.36 bits per heavy atom. The third kappa shape index (κ3) is 3.45. The molecule has 1 aromatic heterocycles. The Morgan fingerprint density at radius 3 is 2.91 bits per heavy atom. The molecule has 56 valence electrons. The molecule has 0 aliphatic rings. The maximum Gasteiger partial charge on any atom is 0.114 e. The van der Waals surface area contributed by atoms with Crippen molar-refractivity contribution in [2.24, 2.45) is 0 Å². The van der Waals surface area contributed by atoms with E-state index in [0.29, 0.717) is 0 Å². The molecular weight excluding hydrogens is 337 g/mol. The number of hydrogen-bond acceptors (Lipinski definition) is 2. The lowest BCUT2D eigenvalue weighted by atomic mass is 10.4. The lowest BCUT2D eigenvalue weighted by Gasteiger charge is -1.88. The van der Waals surface area contributed by atoms with Crippen LogP contribution in [0.2, 0.25) is 0 Å². The number of rotatable bonds is 0. The highest BCUT2D eigenvalue weighted by atomic mass is 127. The number of hydrogen-bond donors (Lipinski definition) is 0. The molecule has 0 spiro atoms. The Balaban J connectivity index is 2.82.